The van der Waals surface area contributed by atoms with Gasteiger partial charge >= 0.3 is 0 Å². The third kappa shape index (κ3) is 2.06. The van der Waals surface area contributed by atoms with Gasteiger partial charge in [-0.15, -0.1) is 0 Å². The zero-order chi connectivity index (χ0) is 17.0. The van der Waals surface area contributed by atoms with Gasteiger partial charge in [0.25, 0.3) is 5.91 Å². The molecule has 5 rings (SSSR count). The van der Waals surface area contributed by atoms with Crippen LogP contribution < -0.4 is 5.32 Å². The predicted molar refractivity (Wildman–Crippen MR) is 92.2 cm³/mol. The summed E-state index contributed by atoms with van der Waals surface area (Å²) in [5.41, 5.74) is 5.57. The molecule has 0 unspecified atom stereocenters. The molecule has 0 radical (unpaired) electrons. The van der Waals surface area contributed by atoms with Crippen LogP contribution in [0.25, 0.3) is 27.8 Å². The molecule has 0 spiro atoms. The Morgan fingerprint density at radius 1 is 1.16 bits per heavy atom. The van der Waals surface area contributed by atoms with Crippen molar-refractivity contribution in [1.29, 1.82) is 0 Å². The molecule has 0 fully saturated rings. The van der Waals surface area contributed by atoms with Gasteiger partial charge in [-0.25, -0.2) is 9.97 Å². The molecule has 7 nitrogen and oxygen atoms in total. The molecule has 1 amide bonds. The first-order chi connectivity index (χ1) is 12.2. The lowest BCUT2D eigenvalue weighted by molar-refractivity contribution is 0.0966. The quantitative estimate of drug-likeness (QED) is 0.610. The summed E-state index contributed by atoms with van der Waals surface area (Å²) in [5, 5.41) is 8.07. The molecular formula is C18H14N6O. The van der Waals surface area contributed by atoms with Crippen LogP contribution in [0.15, 0.2) is 49.3 Å². The Balaban J connectivity index is 1.73. The van der Waals surface area contributed by atoms with Crippen molar-refractivity contribution in [1.82, 2.24) is 29.6 Å². The second kappa shape index (κ2) is 5.01. The van der Waals surface area contributed by atoms with Crippen LogP contribution in [-0.4, -0.2) is 30.2 Å². The molecular weight excluding hydrogens is 316 g/mol. The van der Waals surface area contributed by atoms with Crippen LogP contribution in [-0.2, 0) is 13.6 Å². The molecule has 0 saturated carbocycles. The van der Waals surface area contributed by atoms with Gasteiger partial charge in [0.1, 0.15) is 12.0 Å². The normalized spacial score (nSPS) is 13.2. The smallest absolute Gasteiger partial charge is 0.251 e. The third-order valence-corrected chi connectivity index (χ3v) is 4.53. The maximum Gasteiger partial charge on any atom is 0.251 e. The summed E-state index contributed by atoms with van der Waals surface area (Å²) >= 11 is 0. The molecule has 1 aliphatic heterocycles. The molecule has 7 heteroatoms. The van der Waals surface area contributed by atoms with Crippen LogP contribution in [0, 0.1) is 0 Å². The minimum absolute atomic E-state index is 0.0164. The lowest BCUT2D eigenvalue weighted by atomic mass is 10.1. The van der Waals surface area contributed by atoms with Gasteiger partial charge in [0.15, 0.2) is 0 Å². The summed E-state index contributed by atoms with van der Waals surface area (Å²) in [5.74, 6) is -0.0164. The summed E-state index contributed by atoms with van der Waals surface area (Å²) in [4.78, 5) is 20.4. The third-order valence-electron chi connectivity index (χ3n) is 4.53. The molecule has 3 aromatic heterocycles. The highest BCUT2D eigenvalue weighted by atomic mass is 16.1. The van der Waals surface area contributed by atoms with Crippen LogP contribution >= 0.6 is 0 Å². The van der Waals surface area contributed by atoms with Gasteiger partial charge in [-0.05, 0) is 23.8 Å². The summed E-state index contributed by atoms with van der Waals surface area (Å²) in [7, 11) is 1.89. The van der Waals surface area contributed by atoms with Gasteiger partial charge in [0, 0.05) is 59.9 Å². The predicted octanol–water partition coefficient (Wildman–Crippen LogP) is 2.06. The Kier molecular flexibility index (Phi) is 2.79. The average molecular weight is 330 g/mol. The number of carbonyl (C=O) groups is 1. The Hall–Kier alpha value is -3.48. The van der Waals surface area contributed by atoms with E-state index in [1.807, 2.05) is 54.6 Å². The van der Waals surface area contributed by atoms with E-state index in [0.717, 1.165) is 39.0 Å². The zero-order valence-corrected chi connectivity index (χ0v) is 13.5. The summed E-state index contributed by atoms with van der Waals surface area (Å²) in [6, 6.07) is 5.84. The Labute approximate surface area is 142 Å². The topological polar surface area (TPSA) is 77.6 Å². The van der Waals surface area contributed by atoms with Gasteiger partial charge in [-0.3, -0.25) is 9.48 Å². The molecule has 0 bridgehead atoms. The monoisotopic (exact) mass is 330 g/mol. The van der Waals surface area contributed by atoms with E-state index < -0.39 is 0 Å². The number of aromatic nitrogens is 5. The molecule has 1 N–H and O–H groups in total. The molecule has 122 valence electrons. The Bertz CT molecular complexity index is 1140. The van der Waals surface area contributed by atoms with E-state index in [-0.39, 0.29) is 5.91 Å². The van der Waals surface area contributed by atoms with Gasteiger partial charge in [0.05, 0.1) is 6.20 Å². The number of benzene rings is 1. The van der Waals surface area contributed by atoms with Crippen molar-refractivity contribution in [2.24, 2.45) is 7.05 Å². The fraction of sp³-hybridized carbons (Fsp3) is 0.111. The van der Waals surface area contributed by atoms with Crippen LogP contribution in [0.2, 0.25) is 0 Å². The molecule has 1 aromatic carbocycles. The van der Waals surface area contributed by atoms with Crippen molar-refractivity contribution in [2.75, 3.05) is 0 Å². The van der Waals surface area contributed by atoms with Gasteiger partial charge in [-0.1, -0.05) is 0 Å². The second-order valence-electron chi connectivity index (χ2n) is 6.10. The number of carbonyl (C=O) groups excluding carboxylic acids is 1. The van der Waals surface area contributed by atoms with E-state index in [0.29, 0.717) is 6.54 Å². The van der Waals surface area contributed by atoms with Gasteiger partial charge in [-0.2, -0.15) is 5.10 Å². The maximum atomic E-state index is 11.8. The highest BCUT2D eigenvalue weighted by Crippen LogP contribution is 2.31. The molecule has 0 atom stereocenters. The fourth-order valence-electron chi connectivity index (χ4n) is 3.32. The summed E-state index contributed by atoms with van der Waals surface area (Å²) in [6.07, 6.45) is 9.21. The fourth-order valence-corrected chi connectivity index (χ4v) is 3.32. The van der Waals surface area contributed by atoms with Crippen LogP contribution in [0.5, 0.6) is 0 Å². The van der Waals surface area contributed by atoms with E-state index in [1.165, 1.54) is 0 Å². The first kappa shape index (κ1) is 13.9. The summed E-state index contributed by atoms with van der Waals surface area (Å²) in [6.45, 7) is 0.561. The van der Waals surface area contributed by atoms with E-state index >= 15 is 0 Å². The minimum Gasteiger partial charge on any atom is -0.348 e. The highest BCUT2D eigenvalue weighted by Gasteiger charge is 2.20. The largest absolute Gasteiger partial charge is 0.348 e. The number of fused-ring (bicyclic) bond motifs is 2. The van der Waals surface area contributed by atoms with Gasteiger partial charge < -0.3 is 9.88 Å². The molecule has 0 aliphatic carbocycles. The van der Waals surface area contributed by atoms with Crippen molar-refractivity contribution < 1.29 is 4.79 Å². The average Bonchev–Trinajstić information content (AvgIpc) is 3.32. The van der Waals surface area contributed by atoms with Crippen molar-refractivity contribution in [3.8, 4) is 16.8 Å². The number of rotatable bonds is 2. The molecule has 0 saturated heterocycles. The van der Waals surface area contributed by atoms with Crippen molar-refractivity contribution in [2.45, 2.75) is 6.54 Å². The molecule has 25 heavy (non-hydrogen) atoms. The number of nitrogens with one attached hydrogen (secondary N) is 1. The molecule has 4 heterocycles. The minimum atomic E-state index is -0.0164. The number of amides is 1. The van der Waals surface area contributed by atoms with E-state index in [1.54, 1.807) is 11.0 Å². The van der Waals surface area contributed by atoms with E-state index in [9.17, 15) is 4.79 Å². The first-order valence-corrected chi connectivity index (χ1v) is 7.92. The number of hydrogen-bond donors (Lipinski definition) is 1. The Morgan fingerprint density at radius 3 is 2.92 bits per heavy atom. The maximum absolute atomic E-state index is 11.8. The van der Waals surface area contributed by atoms with Gasteiger partial charge in [0.2, 0.25) is 0 Å². The number of aryl methyl sites for hydroxylation is 1. The molecule has 1 aliphatic rings. The zero-order valence-electron chi connectivity index (χ0n) is 13.5. The van der Waals surface area contributed by atoms with E-state index in [4.69, 9.17) is 0 Å². The molecule has 4 aromatic rings. The van der Waals surface area contributed by atoms with Crippen molar-refractivity contribution >= 4 is 16.9 Å². The Morgan fingerprint density at radius 2 is 2.08 bits per heavy atom. The number of hydrogen-bond acceptors (Lipinski definition) is 4. The van der Waals surface area contributed by atoms with Crippen LogP contribution in [0.3, 0.4) is 0 Å². The standard InChI is InChI=1S/C18H14N6O/c1-23-8-12(6-22-23)16-9-24(17-15(16)7-19-10-21-17)13-2-3-14-11(4-13)5-20-18(14)25/h2-4,6-10H,5H2,1H3,(H,20,25). The lowest BCUT2D eigenvalue weighted by Crippen LogP contribution is -2.12. The van der Waals surface area contributed by atoms with Crippen LogP contribution in [0.1, 0.15) is 15.9 Å². The van der Waals surface area contributed by atoms with Crippen LogP contribution in [0.4, 0.5) is 0 Å². The first-order valence-electron chi connectivity index (χ1n) is 7.92. The number of nitrogens with zero attached hydrogens (tertiary/aromatic N) is 5. The second-order valence-corrected chi connectivity index (χ2v) is 6.10. The highest BCUT2D eigenvalue weighted by molar-refractivity contribution is 5.99. The SMILES string of the molecule is Cn1cc(-c2cn(-c3ccc4c(c3)CNC4=O)c3ncncc23)cn1. The summed E-state index contributed by atoms with van der Waals surface area (Å²) < 4.78 is 3.80. The van der Waals surface area contributed by atoms with Crippen molar-refractivity contribution in [3.05, 3.63) is 60.4 Å². The van der Waals surface area contributed by atoms with Crippen molar-refractivity contribution in [3.63, 3.8) is 0 Å². The lowest BCUT2D eigenvalue weighted by Gasteiger charge is -2.06. The van der Waals surface area contributed by atoms with E-state index in [2.05, 4.69) is 20.4 Å².